The lowest BCUT2D eigenvalue weighted by molar-refractivity contribution is -0.115. The van der Waals surface area contributed by atoms with Crippen molar-refractivity contribution >= 4 is 17.3 Å². The minimum atomic E-state index is -0.0759. The molecule has 0 spiro atoms. The summed E-state index contributed by atoms with van der Waals surface area (Å²) in [4.78, 5) is 12.1. The highest BCUT2D eigenvalue weighted by Crippen LogP contribution is 2.34. The molecule has 0 saturated heterocycles. The molecule has 2 aromatic rings. The number of aryl methyl sites for hydroxylation is 1. The summed E-state index contributed by atoms with van der Waals surface area (Å²) < 4.78 is 15.9. The fourth-order valence-corrected chi connectivity index (χ4v) is 2.47. The Kier molecular flexibility index (Phi) is 4.74. The molecule has 24 heavy (non-hydrogen) atoms. The fraction of sp³-hybridized carbons (Fsp3) is 0.278. The lowest BCUT2D eigenvalue weighted by Gasteiger charge is -2.12. The molecule has 0 bridgehead atoms. The Balaban J connectivity index is 1.52. The van der Waals surface area contributed by atoms with Crippen LogP contribution in [0.4, 0.5) is 11.4 Å². The normalized spacial score (nSPS) is 11.9. The van der Waals surface area contributed by atoms with Gasteiger partial charge < -0.3 is 24.8 Å². The third-order valence-corrected chi connectivity index (χ3v) is 3.68. The highest BCUT2D eigenvalue weighted by atomic mass is 16.7. The smallest absolute Gasteiger partial charge is 0.231 e. The molecular formula is C18H20N2O4. The maximum absolute atomic E-state index is 12.1. The average molecular weight is 328 g/mol. The highest BCUT2D eigenvalue weighted by Gasteiger charge is 2.14. The monoisotopic (exact) mass is 328 g/mol. The predicted molar refractivity (Wildman–Crippen MR) is 92.0 cm³/mol. The molecule has 126 valence electrons. The van der Waals surface area contributed by atoms with Crippen molar-refractivity contribution in [2.75, 3.05) is 31.1 Å². The van der Waals surface area contributed by atoms with Gasteiger partial charge in [-0.15, -0.1) is 0 Å². The number of amides is 1. The molecule has 1 aliphatic heterocycles. The molecule has 1 aliphatic rings. The molecule has 2 aromatic carbocycles. The molecule has 0 radical (unpaired) electrons. The molecule has 0 aromatic heterocycles. The quantitative estimate of drug-likeness (QED) is 0.852. The van der Waals surface area contributed by atoms with E-state index in [9.17, 15) is 4.79 Å². The topological polar surface area (TPSA) is 68.8 Å². The van der Waals surface area contributed by atoms with Gasteiger partial charge in [-0.05, 0) is 36.8 Å². The Labute approximate surface area is 140 Å². The van der Waals surface area contributed by atoms with E-state index in [0.717, 1.165) is 17.0 Å². The van der Waals surface area contributed by atoms with Crippen LogP contribution < -0.4 is 24.8 Å². The van der Waals surface area contributed by atoms with Crippen LogP contribution in [-0.4, -0.2) is 26.4 Å². The summed E-state index contributed by atoms with van der Waals surface area (Å²) >= 11 is 0. The molecular weight excluding hydrogens is 308 g/mol. The number of carbonyl (C=O) groups is 1. The number of rotatable bonds is 6. The summed E-state index contributed by atoms with van der Waals surface area (Å²) in [5, 5.41) is 6.08. The summed E-state index contributed by atoms with van der Waals surface area (Å²) in [5.41, 5.74) is 2.70. The Bertz CT molecular complexity index is 746. The van der Waals surface area contributed by atoms with E-state index in [1.165, 1.54) is 0 Å². The summed E-state index contributed by atoms with van der Waals surface area (Å²) in [6.07, 6.45) is 0.339. The highest BCUT2D eigenvalue weighted by molar-refractivity contribution is 5.91. The van der Waals surface area contributed by atoms with E-state index >= 15 is 0 Å². The van der Waals surface area contributed by atoms with Crippen LogP contribution in [0.1, 0.15) is 12.0 Å². The summed E-state index contributed by atoms with van der Waals surface area (Å²) in [7, 11) is 1.63. The van der Waals surface area contributed by atoms with Gasteiger partial charge in [-0.1, -0.05) is 6.07 Å². The predicted octanol–water partition coefficient (Wildman–Crippen LogP) is 3.17. The first-order valence-electron chi connectivity index (χ1n) is 7.74. The zero-order valence-electron chi connectivity index (χ0n) is 13.7. The molecule has 1 amide bonds. The van der Waals surface area contributed by atoms with Gasteiger partial charge in [-0.25, -0.2) is 0 Å². The summed E-state index contributed by atoms with van der Waals surface area (Å²) in [6, 6.07) is 11.2. The van der Waals surface area contributed by atoms with Crippen molar-refractivity contribution in [2.45, 2.75) is 13.3 Å². The Morgan fingerprint density at radius 3 is 2.83 bits per heavy atom. The largest absolute Gasteiger partial charge is 0.495 e. The van der Waals surface area contributed by atoms with Gasteiger partial charge in [0.2, 0.25) is 12.7 Å². The number of methoxy groups -OCH3 is 1. The van der Waals surface area contributed by atoms with Gasteiger partial charge in [0.15, 0.2) is 11.5 Å². The molecule has 0 aliphatic carbocycles. The van der Waals surface area contributed by atoms with Crippen molar-refractivity contribution in [1.82, 2.24) is 0 Å². The minimum Gasteiger partial charge on any atom is -0.495 e. The number of benzene rings is 2. The average Bonchev–Trinajstić information content (AvgIpc) is 3.03. The van der Waals surface area contributed by atoms with Crippen LogP contribution in [0.5, 0.6) is 17.2 Å². The molecule has 1 heterocycles. The Morgan fingerprint density at radius 2 is 2.00 bits per heavy atom. The first-order valence-corrected chi connectivity index (χ1v) is 7.74. The first kappa shape index (κ1) is 16.0. The van der Waals surface area contributed by atoms with E-state index in [0.29, 0.717) is 30.2 Å². The maximum atomic E-state index is 12.1. The second kappa shape index (κ2) is 7.12. The van der Waals surface area contributed by atoms with Crippen LogP contribution >= 0.6 is 0 Å². The van der Waals surface area contributed by atoms with E-state index in [4.69, 9.17) is 14.2 Å². The van der Waals surface area contributed by atoms with E-state index in [1.54, 1.807) is 25.3 Å². The van der Waals surface area contributed by atoms with Gasteiger partial charge >= 0.3 is 0 Å². The lowest BCUT2D eigenvalue weighted by Crippen LogP contribution is -2.16. The van der Waals surface area contributed by atoms with E-state index in [1.807, 2.05) is 25.1 Å². The second-order valence-electron chi connectivity index (χ2n) is 5.50. The van der Waals surface area contributed by atoms with E-state index < -0.39 is 0 Å². The van der Waals surface area contributed by atoms with Crippen LogP contribution in [-0.2, 0) is 4.79 Å². The van der Waals surface area contributed by atoms with Crippen LogP contribution in [0.15, 0.2) is 36.4 Å². The van der Waals surface area contributed by atoms with Crippen molar-refractivity contribution in [3.63, 3.8) is 0 Å². The van der Waals surface area contributed by atoms with Gasteiger partial charge in [0, 0.05) is 24.7 Å². The third kappa shape index (κ3) is 3.71. The number of ether oxygens (including phenoxy) is 3. The Morgan fingerprint density at radius 1 is 1.17 bits per heavy atom. The van der Waals surface area contributed by atoms with Gasteiger partial charge in [-0.2, -0.15) is 0 Å². The number of fused-ring (bicyclic) bond motifs is 1. The Hall–Kier alpha value is -2.89. The van der Waals surface area contributed by atoms with Crippen LogP contribution in [0, 0.1) is 6.92 Å². The van der Waals surface area contributed by atoms with E-state index in [2.05, 4.69) is 10.6 Å². The molecule has 6 nitrogen and oxygen atoms in total. The number of hydrogen-bond donors (Lipinski definition) is 2. The van der Waals surface area contributed by atoms with Crippen molar-refractivity contribution in [2.24, 2.45) is 0 Å². The fourth-order valence-electron chi connectivity index (χ4n) is 2.47. The SMILES string of the molecule is COc1ccc(C)cc1NCCC(=O)Nc1ccc2c(c1)OCO2. The van der Waals surface area contributed by atoms with Crippen LogP contribution in [0.25, 0.3) is 0 Å². The van der Waals surface area contributed by atoms with Gasteiger partial charge in [0.1, 0.15) is 5.75 Å². The van der Waals surface area contributed by atoms with Gasteiger partial charge in [0.05, 0.1) is 12.8 Å². The first-order chi connectivity index (χ1) is 11.7. The number of carbonyl (C=O) groups excluding carboxylic acids is 1. The number of nitrogens with one attached hydrogen (secondary N) is 2. The standard InChI is InChI=1S/C18H20N2O4/c1-12-3-5-15(22-2)14(9-12)19-8-7-18(21)20-13-4-6-16-17(10-13)24-11-23-16/h3-6,9-10,19H,7-8,11H2,1-2H3,(H,20,21). The number of anilines is 2. The van der Waals surface area contributed by atoms with E-state index in [-0.39, 0.29) is 12.7 Å². The molecule has 6 heteroatoms. The van der Waals surface area contributed by atoms with Crippen molar-refractivity contribution < 1.29 is 19.0 Å². The zero-order valence-corrected chi connectivity index (χ0v) is 13.7. The molecule has 2 N–H and O–H groups in total. The minimum absolute atomic E-state index is 0.0759. The second-order valence-corrected chi connectivity index (χ2v) is 5.50. The van der Waals surface area contributed by atoms with Gasteiger partial charge in [-0.3, -0.25) is 4.79 Å². The molecule has 0 fully saturated rings. The van der Waals surface area contributed by atoms with Crippen LogP contribution in [0.3, 0.4) is 0 Å². The lowest BCUT2D eigenvalue weighted by atomic mass is 10.2. The molecule has 0 atom stereocenters. The summed E-state index contributed by atoms with van der Waals surface area (Å²) in [5.74, 6) is 2.03. The van der Waals surface area contributed by atoms with Crippen molar-refractivity contribution in [1.29, 1.82) is 0 Å². The van der Waals surface area contributed by atoms with Gasteiger partial charge in [0.25, 0.3) is 0 Å². The third-order valence-electron chi connectivity index (χ3n) is 3.68. The number of hydrogen-bond acceptors (Lipinski definition) is 5. The van der Waals surface area contributed by atoms with Crippen molar-refractivity contribution in [3.8, 4) is 17.2 Å². The molecule has 3 rings (SSSR count). The molecule has 0 saturated carbocycles. The molecule has 0 unspecified atom stereocenters. The maximum Gasteiger partial charge on any atom is 0.231 e. The van der Waals surface area contributed by atoms with Crippen molar-refractivity contribution in [3.05, 3.63) is 42.0 Å². The zero-order chi connectivity index (χ0) is 16.9. The van der Waals surface area contributed by atoms with Crippen LogP contribution in [0.2, 0.25) is 0 Å². The summed E-state index contributed by atoms with van der Waals surface area (Å²) in [6.45, 7) is 2.74.